The van der Waals surface area contributed by atoms with Gasteiger partial charge in [0, 0.05) is 15.7 Å². The average molecular weight is 541 g/mol. The number of halogens is 2. The van der Waals surface area contributed by atoms with Gasteiger partial charge in [0.25, 0.3) is 5.91 Å². The summed E-state index contributed by atoms with van der Waals surface area (Å²) in [6.07, 6.45) is 1.26. The molecular formula is C25H22BrFN4O4. The van der Waals surface area contributed by atoms with E-state index in [0.29, 0.717) is 15.8 Å². The standard InChI is InChI=1S/C25H22BrFN4O4/c1-15-6-5-7-16(2)23(15)30-22(32)14-35-21-11-10-18(26)12-17(21)13-28-31-25(34)24(33)29-20-9-4-3-8-19(20)27/h3-13H,14H2,1-2H3,(H,29,33)(H,30,32)(H,31,34)/b28-13-. The van der Waals surface area contributed by atoms with Gasteiger partial charge < -0.3 is 15.4 Å². The first-order chi connectivity index (χ1) is 16.7. The zero-order valence-electron chi connectivity index (χ0n) is 18.9. The fourth-order valence-corrected chi connectivity index (χ4v) is 3.41. The maximum Gasteiger partial charge on any atom is 0.329 e. The van der Waals surface area contributed by atoms with Crippen LogP contribution in [0.2, 0.25) is 0 Å². The predicted molar refractivity (Wildman–Crippen MR) is 135 cm³/mol. The zero-order valence-corrected chi connectivity index (χ0v) is 20.5. The normalized spacial score (nSPS) is 10.6. The molecule has 3 aromatic rings. The van der Waals surface area contributed by atoms with Gasteiger partial charge in [-0.2, -0.15) is 5.10 Å². The summed E-state index contributed by atoms with van der Waals surface area (Å²) in [5, 5.41) is 8.77. The number of benzene rings is 3. The highest BCUT2D eigenvalue weighted by molar-refractivity contribution is 9.10. The van der Waals surface area contributed by atoms with E-state index in [1.165, 1.54) is 24.4 Å². The first kappa shape index (κ1) is 25.6. The molecule has 3 aromatic carbocycles. The van der Waals surface area contributed by atoms with Crippen LogP contribution in [-0.4, -0.2) is 30.5 Å². The number of aryl methyl sites for hydroxylation is 2. The lowest BCUT2D eigenvalue weighted by Crippen LogP contribution is -2.32. The van der Waals surface area contributed by atoms with Crippen molar-refractivity contribution in [3.05, 3.63) is 87.6 Å². The van der Waals surface area contributed by atoms with Gasteiger partial charge in [0.1, 0.15) is 11.6 Å². The Kier molecular flexibility index (Phi) is 8.69. The second kappa shape index (κ2) is 11.9. The number of hydrogen-bond acceptors (Lipinski definition) is 5. The van der Waals surface area contributed by atoms with Crippen molar-refractivity contribution in [3.8, 4) is 5.75 Å². The van der Waals surface area contributed by atoms with Crippen LogP contribution in [0, 0.1) is 19.7 Å². The summed E-state index contributed by atoms with van der Waals surface area (Å²) in [7, 11) is 0. The SMILES string of the molecule is Cc1cccc(C)c1NC(=O)COc1ccc(Br)cc1/C=N\NC(=O)C(=O)Nc1ccccc1F. The van der Waals surface area contributed by atoms with Gasteiger partial charge in [0.05, 0.1) is 11.9 Å². The third-order valence-electron chi connectivity index (χ3n) is 4.77. The van der Waals surface area contributed by atoms with Crippen LogP contribution in [0.4, 0.5) is 15.8 Å². The van der Waals surface area contributed by atoms with Crippen LogP contribution in [0.1, 0.15) is 16.7 Å². The van der Waals surface area contributed by atoms with Crippen molar-refractivity contribution in [3.63, 3.8) is 0 Å². The van der Waals surface area contributed by atoms with E-state index < -0.39 is 17.6 Å². The molecule has 8 nitrogen and oxygen atoms in total. The summed E-state index contributed by atoms with van der Waals surface area (Å²) < 4.78 is 20.0. The molecule has 0 fully saturated rings. The van der Waals surface area contributed by atoms with Gasteiger partial charge in [-0.15, -0.1) is 0 Å². The van der Waals surface area contributed by atoms with Crippen molar-refractivity contribution in [2.24, 2.45) is 5.10 Å². The molecule has 3 rings (SSSR count). The second-order valence-electron chi connectivity index (χ2n) is 7.42. The lowest BCUT2D eigenvalue weighted by atomic mass is 10.1. The molecular weight excluding hydrogens is 519 g/mol. The summed E-state index contributed by atoms with van der Waals surface area (Å²) in [6.45, 7) is 3.54. The topological polar surface area (TPSA) is 109 Å². The third-order valence-corrected chi connectivity index (χ3v) is 5.27. The van der Waals surface area contributed by atoms with E-state index in [2.05, 4.69) is 37.1 Å². The largest absolute Gasteiger partial charge is 0.483 e. The quantitative estimate of drug-likeness (QED) is 0.235. The van der Waals surface area contributed by atoms with Gasteiger partial charge in [0.2, 0.25) is 0 Å². The zero-order chi connectivity index (χ0) is 25.4. The van der Waals surface area contributed by atoms with Crippen LogP contribution in [-0.2, 0) is 14.4 Å². The van der Waals surface area contributed by atoms with Crippen LogP contribution in [0.5, 0.6) is 5.75 Å². The van der Waals surface area contributed by atoms with Gasteiger partial charge in [-0.25, -0.2) is 9.82 Å². The summed E-state index contributed by atoms with van der Waals surface area (Å²) in [4.78, 5) is 36.4. The first-order valence-electron chi connectivity index (χ1n) is 10.4. The number of rotatable bonds is 7. The maximum absolute atomic E-state index is 13.6. The molecule has 0 heterocycles. The highest BCUT2D eigenvalue weighted by atomic mass is 79.9. The molecule has 10 heteroatoms. The van der Waals surface area contributed by atoms with E-state index in [4.69, 9.17) is 4.74 Å². The Hall–Kier alpha value is -4.05. The van der Waals surface area contributed by atoms with E-state index in [9.17, 15) is 18.8 Å². The van der Waals surface area contributed by atoms with Gasteiger partial charge in [0.15, 0.2) is 6.61 Å². The van der Waals surface area contributed by atoms with Crippen molar-refractivity contribution >= 4 is 51.2 Å². The first-order valence-corrected chi connectivity index (χ1v) is 11.2. The van der Waals surface area contributed by atoms with Crippen LogP contribution in [0.3, 0.4) is 0 Å². The van der Waals surface area contributed by atoms with Gasteiger partial charge in [-0.3, -0.25) is 14.4 Å². The summed E-state index contributed by atoms with van der Waals surface area (Å²) >= 11 is 3.34. The highest BCUT2D eigenvalue weighted by Crippen LogP contribution is 2.23. The number of hydrogen-bond donors (Lipinski definition) is 3. The Morgan fingerprint density at radius 3 is 2.40 bits per heavy atom. The smallest absolute Gasteiger partial charge is 0.329 e. The Bertz CT molecular complexity index is 1280. The molecule has 0 radical (unpaired) electrons. The van der Waals surface area contributed by atoms with Crippen LogP contribution in [0.15, 0.2) is 70.2 Å². The molecule has 3 N–H and O–H groups in total. The maximum atomic E-state index is 13.6. The molecule has 0 saturated heterocycles. The van der Waals surface area contributed by atoms with E-state index in [0.717, 1.165) is 22.9 Å². The van der Waals surface area contributed by atoms with E-state index in [-0.39, 0.29) is 18.2 Å². The minimum atomic E-state index is -1.09. The fraction of sp³-hybridized carbons (Fsp3) is 0.120. The van der Waals surface area contributed by atoms with Crippen LogP contribution >= 0.6 is 15.9 Å². The lowest BCUT2D eigenvalue weighted by molar-refractivity contribution is -0.136. The monoisotopic (exact) mass is 540 g/mol. The van der Waals surface area contributed by atoms with E-state index in [1.54, 1.807) is 18.2 Å². The summed E-state index contributed by atoms with van der Waals surface area (Å²) in [5.41, 5.74) is 4.99. The lowest BCUT2D eigenvalue weighted by Gasteiger charge is -2.13. The predicted octanol–water partition coefficient (Wildman–Crippen LogP) is 4.31. The number of ether oxygens (including phenoxy) is 1. The number of hydrazone groups is 1. The van der Waals surface area contributed by atoms with Crippen molar-refractivity contribution in [2.75, 3.05) is 17.2 Å². The van der Waals surface area contributed by atoms with E-state index in [1.807, 2.05) is 32.0 Å². The number of amides is 3. The Morgan fingerprint density at radius 1 is 0.971 bits per heavy atom. The number of nitrogens with one attached hydrogen (secondary N) is 3. The molecule has 0 unspecified atom stereocenters. The van der Waals surface area contributed by atoms with Gasteiger partial charge in [-0.1, -0.05) is 46.3 Å². The molecule has 0 saturated carbocycles. The number of para-hydroxylation sites is 2. The van der Waals surface area contributed by atoms with Crippen molar-refractivity contribution in [1.29, 1.82) is 0 Å². The van der Waals surface area contributed by atoms with Crippen molar-refractivity contribution in [2.45, 2.75) is 13.8 Å². The molecule has 0 atom stereocenters. The molecule has 0 aliphatic rings. The Labute approximate surface area is 209 Å². The van der Waals surface area contributed by atoms with Gasteiger partial charge in [-0.05, 0) is 55.3 Å². The molecule has 3 amide bonds. The molecule has 0 spiro atoms. The summed E-state index contributed by atoms with van der Waals surface area (Å²) in [6, 6.07) is 16.2. The third kappa shape index (κ3) is 7.21. The van der Waals surface area contributed by atoms with E-state index >= 15 is 0 Å². The number of carbonyl (C=O) groups excluding carboxylic acids is 3. The Morgan fingerprint density at radius 2 is 1.69 bits per heavy atom. The van der Waals surface area contributed by atoms with Gasteiger partial charge >= 0.3 is 11.8 Å². The molecule has 0 bridgehead atoms. The average Bonchev–Trinajstić information content (AvgIpc) is 2.82. The van der Waals surface area contributed by atoms with Crippen molar-refractivity contribution in [1.82, 2.24) is 5.43 Å². The highest BCUT2D eigenvalue weighted by Gasteiger charge is 2.15. The number of nitrogens with zero attached hydrogens (tertiary/aromatic N) is 1. The molecule has 0 aliphatic heterocycles. The summed E-state index contributed by atoms with van der Waals surface area (Å²) in [5.74, 6) is -2.85. The van der Waals surface area contributed by atoms with Crippen LogP contribution < -0.4 is 20.8 Å². The molecule has 35 heavy (non-hydrogen) atoms. The number of carbonyl (C=O) groups is 3. The minimum Gasteiger partial charge on any atom is -0.483 e. The van der Waals surface area contributed by atoms with Crippen molar-refractivity contribution < 1.29 is 23.5 Å². The minimum absolute atomic E-state index is 0.126. The second-order valence-corrected chi connectivity index (χ2v) is 8.33. The van der Waals surface area contributed by atoms with Crippen LogP contribution in [0.25, 0.3) is 0 Å². The Balaban J connectivity index is 1.60. The molecule has 0 aromatic heterocycles. The molecule has 180 valence electrons. The fourth-order valence-electron chi connectivity index (χ4n) is 3.03. The molecule has 0 aliphatic carbocycles. The number of anilines is 2.